The van der Waals surface area contributed by atoms with Crippen molar-refractivity contribution in [2.24, 2.45) is 0 Å². The summed E-state index contributed by atoms with van der Waals surface area (Å²) in [5.74, 6) is 0.319. The first-order valence-electron chi connectivity index (χ1n) is 7.49. The Morgan fingerprint density at radius 2 is 1.69 bits per heavy atom. The largest absolute Gasteiger partial charge is 0.493 e. The standard InChI is InChI=1S/C17H19ClN2O5S/c1-24-15-9-8-14(10-16(15)25-2)20(26(3,22)23)11-17(21)19-13-6-4-12(18)5-7-13/h4-10H,11H2,1-3H3,(H,19,21). The van der Waals surface area contributed by atoms with Crippen LogP contribution in [0.1, 0.15) is 0 Å². The van der Waals surface area contributed by atoms with Crippen LogP contribution in [0.25, 0.3) is 0 Å². The molecule has 26 heavy (non-hydrogen) atoms. The van der Waals surface area contributed by atoms with Crippen LogP contribution in [0.3, 0.4) is 0 Å². The van der Waals surface area contributed by atoms with Crippen molar-refractivity contribution in [2.45, 2.75) is 0 Å². The number of nitrogens with one attached hydrogen (secondary N) is 1. The molecule has 140 valence electrons. The normalized spacial score (nSPS) is 10.9. The van der Waals surface area contributed by atoms with Gasteiger partial charge in [-0.3, -0.25) is 9.10 Å². The maximum Gasteiger partial charge on any atom is 0.245 e. The van der Waals surface area contributed by atoms with E-state index in [2.05, 4.69) is 5.32 Å². The number of hydrogen-bond acceptors (Lipinski definition) is 5. The summed E-state index contributed by atoms with van der Waals surface area (Å²) >= 11 is 5.80. The fourth-order valence-corrected chi connectivity index (χ4v) is 3.22. The molecule has 0 aliphatic rings. The number of sulfonamides is 1. The highest BCUT2D eigenvalue weighted by Gasteiger charge is 2.22. The molecule has 1 N–H and O–H groups in total. The van der Waals surface area contributed by atoms with Gasteiger partial charge in [-0.2, -0.15) is 0 Å². The van der Waals surface area contributed by atoms with Crippen LogP contribution in [-0.2, 0) is 14.8 Å². The third-order valence-electron chi connectivity index (χ3n) is 3.47. The summed E-state index contributed by atoms with van der Waals surface area (Å²) in [6.45, 7) is -0.392. The summed E-state index contributed by atoms with van der Waals surface area (Å²) in [6, 6.07) is 11.1. The van der Waals surface area contributed by atoms with Gasteiger partial charge in [-0.05, 0) is 36.4 Å². The van der Waals surface area contributed by atoms with E-state index in [0.717, 1.165) is 10.6 Å². The summed E-state index contributed by atoms with van der Waals surface area (Å²) < 4.78 is 35.7. The van der Waals surface area contributed by atoms with E-state index in [-0.39, 0.29) is 5.69 Å². The van der Waals surface area contributed by atoms with E-state index in [1.54, 1.807) is 30.3 Å². The summed E-state index contributed by atoms with van der Waals surface area (Å²) in [4.78, 5) is 12.3. The third-order valence-corrected chi connectivity index (χ3v) is 4.86. The second kappa shape index (κ2) is 8.29. The molecule has 0 saturated carbocycles. The molecule has 2 aromatic carbocycles. The van der Waals surface area contributed by atoms with E-state index < -0.39 is 22.5 Å². The predicted molar refractivity (Wildman–Crippen MR) is 102 cm³/mol. The molecule has 0 aliphatic heterocycles. The number of carbonyl (C=O) groups is 1. The Labute approximate surface area is 157 Å². The number of ether oxygens (including phenoxy) is 2. The van der Waals surface area contributed by atoms with Crippen LogP contribution in [0.15, 0.2) is 42.5 Å². The number of halogens is 1. The lowest BCUT2D eigenvalue weighted by Crippen LogP contribution is -2.37. The number of methoxy groups -OCH3 is 2. The van der Waals surface area contributed by atoms with Crippen molar-refractivity contribution in [1.29, 1.82) is 0 Å². The van der Waals surface area contributed by atoms with E-state index in [1.807, 2.05) is 0 Å². The first kappa shape index (κ1) is 19.9. The monoisotopic (exact) mass is 398 g/mol. The van der Waals surface area contributed by atoms with Crippen LogP contribution < -0.4 is 19.1 Å². The van der Waals surface area contributed by atoms with E-state index in [0.29, 0.717) is 22.2 Å². The molecule has 0 fully saturated rings. The van der Waals surface area contributed by atoms with Crippen molar-refractivity contribution >= 4 is 38.9 Å². The molecular formula is C17H19ClN2O5S. The molecule has 0 aromatic heterocycles. The first-order chi connectivity index (χ1) is 12.2. The first-order valence-corrected chi connectivity index (χ1v) is 9.72. The van der Waals surface area contributed by atoms with Gasteiger partial charge < -0.3 is 14.8 Å². The molecule has 0 aliphatic carbocycles. The third kappa shape index (κ3) is 5.03. The highest BCUT2D eigenvalue weighted by molar-refractivity contribution is 7.92. The molecule has 0 atom stereocenters. The minimum Gasteiger partial charge on any atom is -0.493 e. The Morgan fingerprint density at radius 3 is 2.23 bits per heavy atom. The summed E-state index contributed by atoms with van der Waals surface area (Å²) in [7, 11) is -0.780. The summed E-state index contributed by atoms with van der Waals surface area (Å²) in [5.41, 5.74) is 0.802. The zero-order valence-corrected chi connectivity index (χ0v) is 16.1. The van der Waals surface area contributed by atoms with Crippen LogP contribution in [0.4, 0.5) is 11.4 Å². The molecule has 0 bridgehead atoms. The van der Waals surface area contributed by atoms with Crippen molar-refractivity contribution in [1.82, 2.24) is 0 Å². The average molecular weight is 399 g/mol. The smallest absolute Gasteiger partial charge is 0.245 e. The maximum absolute atomic E-state index is 12.3. The summed E-state index contributed by atoms with van der Waals surface area (Å²) in [5, 5.41) is 3.17. The van der Waals surface area contributed by atoms with E-state index >= 15 is 0 Å². The Morgan fingerprint density at radius 1 is 1.08 bits per heavy atom. The number of anilines is 2. The summed E-state index contributed by atoms with van der Waals surface area (Å²) in [6.07, 6.45) is 1.03. The quantitative estimate of drug-likeness (QED) is 0.775. The van der Waals surface area contributed by atoms with E-state index in [9.17, 15) is 13.2 Å². The Bertz CT molecular complexity index is 885. The second-order valence-corrected chi connectivity index (χ2v) is 7.71. The zero-order chi connectivity index (χ0) is 19.3. The fourth-order valence-electron chi connectivity index (χ4n) is 2.24. The Balaban J connectivity index is 2.25. The Hall–Kier alpha value is -2.45. The van der Waals surface area contributed by atoms with E-state index in [1.165, 1.54) is 26.4 Å². The van der Waals surface area contributed by atoms with Gasteiger partial charge in [0, 0.05) is 16.8 Å². The maximum atomic E-state index is 12.3. The van der Waals surface area contributed by atoms with Crippen molar-refractivity contribution in [2.75, 3.05) is 36.6 Å². The minimum absolute atomic E-state index is 0.288. The van der Waals surface area contributed by atoms with Crippen molar-refractivity contribution in [3.63, 3.8) is 0 Å². The molecule has 2 rings (SSSR count). The van der Waals surface area contributed by atoms with Gasteiger partial charge in [-0.15, -0.1) is 0 Å². The predicted octanol–water partition coefficient (Wildman–Crippen LogP) is 2.76. The molecule has 9 heteroatoms. The molecule has 0 unspecified atom stereocenters. The Kier molecular flexibility index (Phi) is 6.33. The molecule has 1 amide bonds. The van der Waals surface area contributed by atoms with Gasteiger partial charge in [0.1, 0.15) is 6.54 Å². The number of nitrogens with zero attached hydrogens (tertiary/aromatic N) is 1. The number of benzene rings is 2. The number of carbonyl (C=O) groups excluding carboxylic acids is 1. The second-order valence-electron chi connectivity index (χ2n) is 5.36. The molecule has 0 radical (unpaired) electrons. The zero-order valence-electron chi connectivity index (χ0n) is 14.5. The molecule has 0 heterocycles. The van der Waals surface area contributed by atoms with Crippen LogP contribution in [0.2, 0.25) is 5.02 Å². The highest BCUT2D eigenvalue weighted by Crippen LogP contribution is 2.32. The van der Waals surface area contributed by atoms with Gasteiger partial charge in [0.15, 0.2) is 11.5 Å². The topological polar surface area (TPSA) is 84.9 Å². The van der Waals surface area contributed by atoms with Gasteiger partial charge in [0.25, 0.3) is 0 Å². The van der Waals surface area contributed by atoms with Crippen molar-refractivity contribution in [3.8, 4) is 11.5 Å². The van der Waals surface area contributed by atoms with Crippen molar-refractivity contribution < 1.29 is 22.7 Å². The molecule has 7 nitrogen and oxygen atoms in total. The molecular weight excluding hydrogens is 380 g/mol. The lowest BCUT2D eigenvalue weighted by molar-refractivity contribution is -0.114. The lowest BCUT2D eigenvalue weighted by atomic mass is 10.2. The lowest BCUT2D eigenvalue weighted by Gasteiger charge is -2.23. The van der Waals surface area contributed by atoms with Gasteiger partial charge in [-0.1, -0.05) is 11.6 Å². The highest BCUT2D eigenvalue weighted by atomic mass is 35.5. The molecule has 0 saturated heterocycles. The SMILES string of the molecule is COc1ccc(N(CC(=O)Nc2ccc(Cl)cc2)S(C)(=O)=O)cc1OC. The number of hydrogen-bond donors (Lipinski definition) is 1. The van der Waals surface area contributed by atoms with Gasteiger partial charge in [-0.25, -0.2) is 8.42 Å². The van der Waals surface area contributed by atoms with Gasteiger partial charge >= 0.3 is 0 Å². The van der Waals surface area contributed by atoms with Crippen LogP contribution in [0, 0.1) is 0 Å². The number of rotatable bonds is 7. The van der Waals surface area contributed by atoms with Crippen LogP contribution >= 0.6 is 11.6 Å². The van der Waals surface area contributed by atoms with Crippen molar-refractivity contribution in [3.05, 3.63) is 47.5 Å². The molecule has 0 spiro atoms. The average Bonchev–Trinajstić information content (AvgIpc) is 2.60. The fraction of sp³-hybridized carbons (Fsp3) is 0.235. The number of amides is 1. The van der Waals surface area contributed by atoms with E-state index in [4.69, 9.17) is 21.1 Å². The minimum atomic E-state index is -3.70. The van der Waals surface area contributed by atoms with Gasteiger partial charge in [0.05, 0.1) is 26.2 Å². The van der Waals surface area contributed by atoms with Gasteiger partial charge in [0.2, 0.25) is 15.9 Å². The molecule has 2 aromatic rings. The van der Waals surface area contributed by atoms with Crippen LogP contribution in [-0.4, -0.2) is 41.3 Å². The van der Waals surface area contributed by atoms with Crippen LogP contribution in [0.5, 0.6) is 11.5 Å².